The molecule has 1 saturated carbocycles. The summed E-state index contributed by atoms with van der Waals surface area (Å²) in [5.74, 6) is -0.832. The Kier molecular flexibility index (Phi) is 5.10. The lowest BCUT2D eigenvalue weighted by molar-refractivity contribution is -0.163. The maximum atomic E-state index is 12.8. The highest BCUT2D eigenvalue weighted by molar-refractivity contribution is 6.04. The van der Waals surface area contributed by atoms with Crippen LogP contribution in [0.1, 0.15) is 60.9 Å². The molecule has 4 rings (SSSR count). The van der Waals surface area contributed by atoms with E-state index in [-0.39, 0.29) is 24.3 Å². The Balaban J connectivity index is 1.57. The number of anilines is 1. The monoisotopic (exact) mass is 384 g/mol. The highest BCUT2D eigenvalue weighted by atomic mass is 16.2. The number of imide groups is 1. The molecule has 28 heavy (non-hydrogen) atoms. The molecule has 2 fully saturated rings. The standard InChI is InChI=1S/C21H28N4O3/c1-22-17-6-3-4-7-18(17)23(2)15-10-11-16-14(12-15)13-24(21(16)28)25-19(26)8-5-9-20(25)27/h10-12,17-18,22H,3-9,13H2,1-2H3/t17-,18-/m1/s1. The Morgan fingerprint density at radius 2 is 1.75 bits per heavy atom. The summed E-state index contributed by atoms with van der Waals surface area (Å²) in [4.78, 5) is 39.6. The van der Waals surface area contributed by atoms with Gasteiger partial charge in [-0.05, 0) is 50.1 Å². The number of likely N-dealkylation sites (N-methyl/N-ethyl adjacent to an activating group) is 2. The van der Waals surface area contributed by atoms with Gasteiger partial charge in [0.15, 0.2) is 0 Å². The van der Waals surface area contributed by atoms with E-state index in [1.807, 2.05) is 25.2 Å². The van der Waals surface area contributed by atoms with Crippen molar-refractivity contribution in [2.75, 3.05) is 19.0 Å². The Bertz CT molecular complexity index is 793. The summed E-state index contributed by atoms with van der Waals surface area (Å²) in [5.41, 5.74) is 2.52. The number of piperidine rings is 1. The first-order valence-electron chi connectivity index (χ1n) is 10.2. The molecule has 3 amide bonds. The van der Waals surface area contributed by atoms with Crippen molar-refractivity contribution in [3.63, 3.8) is 0 Å². The third-order valence-corrected chi connectivity index (χ3v) is 6.37. The molecular formula is C21H28N4O3. The fourth-order valence-electron chi connectivity index (χ4n) is 4.79. The van der Waals surface area contributed by atoms with Crippen LogP contribution in [0.3, 0.4) is 0 Å². The molecule has 1 aromatic carbocycles. The molecule has 3 aliphatic rings. The Labute approximate surface area is 165 Å². The molecule has 1 saturated heterocycles. The van der Waals surface area contributed by atoms with E-state index in [0.29, 0.717) is 36.9 Å². The third-order valence-electron chi connectivity index (χ3n) is 6.37. The van der Waals surface area contributed by atoms with Crippen molar-refractivity contribution in [2.24, 2.45) is 0 Å². The van der Waals surface area contributed by atoms with Gasteiger partial charge in [-0.25, -0.2) is 5.01 Å². The van der Waals surface area contributed by atoms with Crippen LogP contribution in [-0.2, 0) is 16.1 Å². The van der Waals surface area contributed by atoms with Crippen LogP contribution < -0.4 is 10.2 Å². The fourth-order valence-corrected chi connectivity index (χ4v) is 4.79. The second kappa shape index (κ2) is 7.54. The van der Waals surface area contributed by atoms with E-state index in [1.54, 1.807) is 0 Å². The van der Waals surface area contributed by atoms with Crippen molar-refractivity contribution in [1.82, 2.24) is 15.3 Å². The van der Waals surface area contributed by atoms with Crippen LogP contribution in [-0.4, -0.2) is 53.9 Å². The quantitative estimate of drug-likeness (QED) is 0.805. The zero-order valence-corrected chi connectivity index (χ0v) is 16.6. The normalized spacial score (nSPS) is 25.3. The number of fused-ring (bicyclic) bond motifs is 1. The molecule has 7 heteroatoms. The van der Waals surface area contributed by atoms with Gasteiger partial charge in [-0.15, -0.1) is 0 Å². The number of nitrogens with one attached hydrogen (secondary N) is 1. The molecule has 2 heterocycles. The molecule has 150 valence electrons. The van der Waals surface area contributed by atoms with Crippen molar-refractivity contribution >= 4 is 23.4 Å². The molecule has 7 nitrogen and oxygen atoms in total. The predicted molar refractivity (Wildman–Crippen MR) is 106 cm³/mol. The molecule has 0 spiro atoms. The second-order valence-electron chi connectivity index (χ2n) is 8.01. The van der Waals surface area contributed by atoms with Crippen LogP contribution in [0.4, 0.5) is 5.69 Å². The van der Waals surface area contributed by atoms with Crippen molar-refractivity contribution in [1.29, 1.82) is 0 Å². The number of hydrogen-bond acceptors (Lipinski definition) is 5. The minimum Gasteiger partial charge on any atom is -0.370 e. The van der Waals surface area contributed by atoms with Gasteiger partial charge in [0.05, 0.1) is 6.54 Å². The van der Waals surface area contributed by atoms with Gasteiger partial charge in [-0.2, -0.15) is 5.01 Å². The molecule has 0 bridgehead atoms. The summed E-state index contributed by atoms with van der Waals surface area (Å²) in [5, 5.41) is 5.82. The summed E-state index contributed by atoms with van der Waals surface area (Å²) >= 11 is 0. The van der Waals surface area contributed by atoms with Crippen LogP contribution in [0.2, 0.25) is 0 Å². The van der Waals surface area contributed by atoms with Crippen LogP contribution >= 0.6 is 0 Å². The molecule has 0 aromatic heterocycles. The number of rotatable bonds is 4. The lowest BCUT2D eigenvalue weighted by atomic mass is 9.89. The van der Waals surface area contributed by atoms with Gasteiger partial charge in [-0.1, -0.05) is 12.8 Å². The summed E-state index contributed by atoms with van der Waals surface area (Å²) in [6.45, 7) is 0.271. The first kappa shape index (κ1) is 18.9. The zero-order valence-electron chi connectivity index (χ0n) is 16.6. The summed E-state index contributed by atoms with van der Waals surface area (Å²) < 4.78 is 0. The number of nitrogens with zero attached hydrogens (tertiary/aromatic N) is 3. The second-order valence-corrected chi connectivity index (χ2v) is 8.01. The summed E-state index contributed by atoms with van der Waals surface area (Å²) in [6, 6.07) is 6.71. The van der Waals surface area contributed by atoms with Crippen molar-refractivity contribution in [3.05, 3.63) is 29.3 Å². The number of carbonyl (C=O) groups is 3. The van der Waals surface area contributed by atoms with E-state index < -0.39 is 0 Å². The van der Waals surface area contributed by atoms with Gasteiger partial charge >= 0.3 is 0 Å². The summed E-state index contributed by atoms with van der Waals surface area (Å²) in [6.07, 6.45) is 5.97. The van der Waals surface area contributed by atoms with E-state index >= 15 is 0 Å². The third kappa shape index (κ3) is 3.17. The summed E-state index contributed by atoms with van der Waals surface area (Å²) in [7, 11) is 4.12. The predicted octanol–water partition coefficient (Wildman–Crippen LogP) is 2.06. The van der Waals surface area contributed by atoms with Crippen molar-refractivity contribution in [3.8, 4) is 0 Å². The average Bonchev–Trinajstić information content (AvgIpc) is 3.03. The van der Waals surface area contributed by atoms with Gasteiger partial charge in [0.2, 0.25) is 11.8 Å². The Morgan fingerprint density at radius 1 is 1.04 bits per heavy atom. The highest BCUT2D eigenvalue weighted by Gasteiger charge is 2.39. The molecular weight excluding hydrogens is 356 g/mol. The Hall–Kier alpha value is -2.41. The minimum absolute atomic E-state index is 0.265. The molecule has 0 unspecified atom stereocenters. The van der Waals surface area contributed by atoms with Crippen LogP contribution in [0.5, 0.6) is 0 Å². The SMILES string of the molecule is CN[C@@H]1CCCC[C@H]1N(C)c1ccc2c(c1)CN(N1C(=O)CCCC1=O)C2=O. The van der Waals surface area contributed by atoms with Crippen molar-refractivity contribution in [2.45, 2.75) is 63.6 Å². The highest BCUT2D eigenvalue weighted by Crippen LogP contribution is 2.32. The largest absolute Gasteiger partial charge is 0.370 e. The van der Waals surface area contributed by atoms with Crippen LogP contribution in [0.15, 0.2) is 18.2 Å². The maximum absolute atomic E-state index is 12.8. The molecule has 2 atom stereocenters. The number of benzene rings is 1. The van der Waals surface area contributed by atoms with Crippen LogP contribution in [0, 0.1) is 0 Å². The molecule has 1 aromatic rings. The average molecular weight is 384 g/mol. The molecule has 1 aliphatic carbocycles. The van der Waals surface area contributed by atoms with Gasteiger partial charge in [0.25, 0.3) is 5.91 Å². The van der Waals surface area contributed by atoms with E-state index in [1.165, 1.54) is 24.3 Å². The minimum atomic E-state index is -0.284. The van der Waals surface area contributed by atoms with Gasteiger partial charge < -0.3 is 10.2 Å². The van der Waals surface area contributed by atoms with Crippen LogP contribution in [0.25, 0.3) is 0 Å². The van der Waals surface area contributed by atoms with Gasteiger partial charge in [0.1, 0.15) is 0 Å². The topological polar surface area (TPSA) is 73.0 Å². The lowest BCUT2D eigenvalue weighted by Gasteiger charge is -2.39. The van der Waals surface area contributed by atoms with E-state index in [9.17, 15) is 14.4 Å². The Morgan fingerprint density at radius 3 is 2.46 bits per heavy atom. The van der Waals surface area contributed by atoms with Crippen molar-refractivity contribution < 1.29 is 14.4 Å². The molecule has 1 N–H and O–H groups in total. The number of hydrogen-bond donors (Lipinski definition) is 1. The van der Waals surface area contributed by atoms with Gasteiger partial charge in [0, 0.05) is 43.2 Å². The number of carbonyl (C=O) groups excluding carboxylic acids is 3. The van der Waals surface area contributed by atoms with Gasteiger partial charge in [-0.3, -0.25) is 14.4 Å². The lowest BCUT2D eigenvalue weighted by Crippen LogP contribution is -2.51. The zero-order chi connectivity index (χ0) is 19.8. The molecule has 2 aliphatic heterocycles. The fraction of sp³-hybridized carbons (Fsp3) is 0.571. The maximum Gasteiger partial charge on any atom is 0.273 e. The first-order valence-corrected chi connectivity index (χ1v) is 10.2. The smallest absolute Gasteiger partial charge is 0.273 e. The van der Waals surface area contributed by atoms with E-state index in [0.717, 1.165) is 22.7 Å². The number of amides is 3. The first-order chi connectivity index (χ1) is 13.5. The van der Waals surface area contributed by atoms with E-state index in [4.69, 9.17) is 0 Å². The molecule has 0 radical (unpaired) electrons. The van der Waals surface area contributed by atoms with E-state index in [2.05, 4.69) is 17.3 Å². The number of hydrazine groups is 1.